The summed E-state index contributed by atoms with van der Waals surface area (Å²) in [5.41, 5.74) is 5.13. The van der Waals surface area contributed by atoms with Gasteiger partial charge in [0, 0.05) is 24.1 Å². The summed E-state index contributed by atoms with van der Waals surface area (Å²) in [6.07, 6.45) is 20.9. The number of nitrogens with one attached hydrogen (secondary N) is 1. The van der Waals surface area contributed by atoms with Crippen molar-refractivity contribution in [3.63, 3.8) is 0 Å². The van der Waals surface area contributed by atoms with E-state index in [0.717, 1.165) is 35.1 Å². The number of terminal acetylenes is 1. The third kappa shape index (κ3) is 14.1. The van der Waals surface area contributed by atoms with E-state index < -0.39 is 11.9 Å². The Labute approximate surface area is 251 Å². The summed E-state index contributed by atoms with van der Waals surface area (Å²) in [4.78, 5) is 35.9. The topological polar surface area (TPSA) is 83.5 Å². The van der Waals surface area contributed by atoms with Crippen LogP contribution in [0.1, 0.15) is 70.2 Å². The molecule has 0 aliphatic carbocycles. The van der Waals surface area contributed by atoms with Crippen LogP contribution in [0, 0.1) is 18.3 Å². The van der Waals surface area contributed by atoms with Crippen molar-refractivity contribution in [2.75, 3.05) is 5.32 Å². The molecule has 0 heterocycles. The highest BCUT2D eigenvalue weighted by Gasteiger charge is 2.21. The van der Waals surface area contributed by atoms with E-state index in [-0.39, 0.29) is 24.5 Å². The summed E-state index contributed by atoms with van der Waals surface area (Å²) < 4.78 is 0. The maximum atomic E-state index is 12.5. The van der Waals surface area contributed by atoms with Gasteiger partial charge in [-0.1, -0.05) is 110 Å². The highest BCUT2D eigenvalue weighted by molar-refractivity contribution is 5.98. The molecule has 0 radical (unpaired) electrons. The molecule has 0 saturated carbocycles. The van der Waals surface area contributed by atoms with Gasteiger partial charge < -0.3 is 10.4 Å². The minimum Gasteiger partial charge on any atom is -0.481 e. The van der Waals surface area contributed by atoms with Crippen LogP contribution in [0.25, 0.3) is 11.1 Å². The lowest BCUT2D eigenvalue weighted by molar-refractivity contribution is -0.141. The highest BCUT2D eigenvalue weighted by Crippen LogP contribution is 2.23. The number of carboxylic acids is 1. The predicted octanol–water partition coefficient (Wildman–Crippen LogP) is 8.98. The fraction of sp³-hybridized carbons (Fsp3) is 0.270. The van der Waals surface area contributed by atoms with Crippen molar-refractivity contribution in [2.45, 2.75) is 59.8 Å². The number of carboxylic acid groups (broad SMARTS) is 1. The van der Waals surface area contributed by atoms with Crippen molar-refractivity contribution in [3.05, 3.63) is 114 Å². The van der Waals surface area contributed by atoms with E-state index >= 15 is 0 Å². The zero-order valence-electron chi connectivity index (χ0n) is 25.2. The second-order valence-electron chi connectivity index (χ2n) is 9.74. The van der Waals surface area contributed by atoms with E-state index in [4.69, 9.17) is 6.42 Å². The Balaban J connectivity index is 0.000000844. The molecule has 2 aromatic carbocycles. The molecule has 0 aliphatic heterocycles. The number of amides is 1. The maximum absolute atomic E-state index is 12.5. The Morgan fingerprint density at radius 3 is 2.17 bits per heavy atom. The Morgan fingerprint density at radius 2 is 1.64 bits per heavy atom. The first-order valence-corrected chi connectivity index (χ1v) is 14.1. The van der Waals surface area contributed by atoms with Gasteiger partial charge in [-0.25, -0.2) is 0 Å². The fourth-order valence-electron chi connectivity index (χ4n) is 3.84. The van der Waals surface area contributed by atoms with Crippen molar-refractivity contribution >= 4 is 23.3 Å². The van der Waals surface area contributed by atoms with E-state index in [0.29, 0.717) is 17.7 Å². The molecule has 1 unspecified atom stereocenters. The molecule has 5 nitrogen and oxygen atoms in total. The molecule has 2 rings (SSSR count). The fourth-order valence-corrected chi connectivity index (χ4v) is 3.84. The third-order valence-electron chi connectivity index (χ3n) is 6.22. The Bertz CT molecular complexity index is 1330. The average Bonchev–Trinajstić information content (AvgIpc) is 2.98. The van der Waals surface area contributed by atoms with Crippen molar-refractivity contribution in [1.29, 1.82) is 0 Å². The minimum atomic E-state index is -0.926. The molecule has 0 aliphatic rings. The maximum Gasteiger partial charge on any atom is 0.306 e. The van der Waals surface area contributed by atoms with Gasteiger partial charge in [0.15, 0.2) is 5.78 Å². The number of rotatable bonds is 14. The summed E-state index contributed by atoms with van der Waals surface area (Å²) >= 11 is 0. The molecule has 1 atom stereocenters. The molecule has 0 bridgehead atoms. The van der Waals surface area contributed by atoms with Gasteiger partial charge in [-0.3, -0.25) is 14.4 Å². The number of ketones is 1. The van der Waals surface area contributed by atoms with Crippen LogP contribution in [0.3, 0.4) is 0 Å². The lowest BCUT2D eigenvalue weighted by Crippen LogP contribution is -2.17. The van der Waals surface area contributed by atoms with Gasteiger partial charge in [-0.2, -0.15) is 0 Å². The van der Waals surface area contributed by atoms with E-state index in [2.05, 4.69) is 23.9 Å². The molecule has 42 heavy (non-hydrogen) atoms. The molecular formula is C37H43NO4. The minimum absolute atomic E-state index is 0.0101. The van der Waals surface area contributed by atoms with Crippen LogP contribution in [0.4, 0.5) is 5.69 Å². The Morgan fingerprint density at radius 1 is 1.02 bits per heavy atom. The Kier molecular flexibility index (Phi) is 17.0. The normalized spacial score (nSPS) is 12.3. The smallest absolute Gasteiger partial charge is 0.306 e. The number of Topliss-reactive ketones (excluding diaryl/α,β-unsaturated/α-hetero) is 1. The van der Waals surface area contributed by atoms with Gasteiger partial charge >= 0.3 is 5.97 Å². The molecule has 0 fully saturated rings. The van der Waals surface area contributed by atoms with Crippen molar-refractivity contribution < 1.29 is 19.5 Å². The summed E-state index contributed by atoms with van der Waals surface area (Å²) in [5, 5.41) is 12.1. The number of hydrogen-bond donors (Lipinski definition) is 2. The van der Waals surface area contributed by atoms with Crippen LogP contribution in [0.15, 0.2) is 109 Å². The predicted molar refractivity (Wildman–Crippen MR) is 175 cm³/mol. The number of hydrogen-bond acceptors (Lipinski definition) is 3. The lowest BCUT2D eigenvalue weighted by Gasteiger charge is -2.11. The molecular weight excluding hydrogens is 522 g/mol. The van der Waals surface area contributed by atoms with E-state index in [9.17, 15) is 19.5 Å². The van der Waals surface area contributed by atoms with Crippen molar-refractivity contribution in [2.24, 2.45) is 5.92 Å². The number of benzene rings is 2. The summed E-state index contributed by atoms with van der Waals surface area (Å²) in [6, 6.07) is 14.6. The van der Waals surface area contributed by atoms with E-state index in [1.54, 1.807) is 18.2 Å². The van der Waals surface area contributed by atoms with Gasteiger partial charge in [-0.15, -0.1) is 6.42 Å². The first kappa shape index (κ1) is 35.3. The monoisotopic (exact) mass is 565 g/mol. The summed E-state index contributed by atoms with van der Waals surface area (Å²) in [5.74, 6) is 0.716. The molecule has 2 aromatic rings. The van der Waals surface area contributed by atoms with Crippen molar-refractivity contribution in [3.8, 4) is 23.5 Å². The second kappa shape index (κ2) is 20.2. The zero-order valence-corrected chi connectivity index (χ0v) is 25.2. The first-order valence-electron chi connectivity index (χ1n) is 14.1. The molecule has 0 spiro atoms. The number of aliphatic carboxylic acids is 1. The SMILES string of the molecule is C#C/C(C)=C\C/C=C\C.C=C/C=C(C)\C=C/CC(=O)Nc1ccc(-c2ccc(C(=O)CC(CCC)C(=O)O)cc2)cc1. The zero-order chi connectivity index (χ0) is 31.3. The van der Waals surface area contributed by atoms with Gasteiger partial charge in [-0.05, 0) is 62.4 Å². The molecule has 5 heteroatoms. The first-order chi connectivity index (χ1) is 20.1. The third-order valence-corrected chi connectivity index (χ3v) is 6.22. The van der Waals surface area contributed by atoms with Crippen molar-refractivity contribution in [1.82, 2.24) is 0 Å². The van der Waals surface area contributed by atoms with Crippen LogP contribution in [-0.4, -0.2) is 22.8 Å². The Hall–Kier alpha value is -4.69. The van der Waals surface area contributed by atoms with E-state index in [1.807, 2.05) is 94.5 Å². The van der Waals surface area contributed by atoms with Crippen LogP contribution in [0.2, 0.25) is 0 Å². The van der Waals surface area contributed by atoms with Gasteiger partial charge in [0.1, 0.15) is 0 Å². The van der Waals surface area contributed by atoms with Gasteiger partial charge in [0.2, 0.25) is 5.91 Å². The van der Waals surface area contributed by atoms with Crippen LogP contribution in [0.5, 0.6) is 0 Å². The second-order valence-corrected chi connectivity index (χ2v) is 9.74. The highest BCUT2D eigenvalue weighted by atomic mass is 16.4. The lowest BCUT2D eigenvalue weighted by atomic mass is 9.93. The standard InChI is InChI=1S/C28H31NO4.C9H12/c1-4-7-20(3)9-6-10-27(31)29-25-17-15-22(16-18-25)21-11-13-23(14-12-21)26(30)19-24(8-5-2)28(32)33;1-4-6-7-8-9(3)5-2/h4,6-7,9,11-18,24H,1,5,8,10,19H2,2-3H3,(H,29,31)(H,32,33);2,4,6,8H,7H2,1,3H3/b9-6-,20-7-;6-4-,9-8-. The molecule has 2 N–H and O–H groups in total. The quantitative estimate of drug-likeness (QED) is 0.104. The molecule has 0 saturated heterocycles. The molecule has 220 valence electrons. The number of allylic oxidation sites excluding steroid dienone is 8. The number of carbonyl (C=O) groups excluding carboxylic acids is 2. The molecule has 1 amide bonds. The van der Waals surface area contributed by atoms with Crippen LogP contribution >= 0.6 is 0 Å². The number of carbonyl (C=O) groups is 3. The average molecular weight is 566 g/mol. The van der Waals surface area contributed by atoms with Gasteiger partial charge in [0.25, 0.3) is 0 Å². The molecule has 0 aromatic heterocycles. The van der Waals surface area contributed by atoms with E-state index in [1.165, 1.54) is 0 Å². The largest absolute Gasteiger partial charge is 0.481 e. The van der Waals surface area contributed by atoms with Crippen LogP contribution in [-0.2, 0) is 9.59 Å². The summed E-state index contributed by atoms with van der Waals surface area (Å²) in [6.45, 7) is 11.4. The van der Waals surface area contributed by atoms with Gasteiger partial charge in [0.05, 0.1) is 5.92 Å². The number of anilines is 1. The van der Waals surface area contributed by atoms with Crippen LogP contribution < -0.4 is 5.32 Å². The summed E-state index contributed by atoms with van der Waals surface area (Å²) in [7, 11) is 0.